The van der Waals surface area contributed by atoms with Crippen LogP contribution in [0.25, 0.3) is 0 Å². The van der Waals surface area contributed by atoms with Crippen molar-refractivity contribution >= 4 is 31.7 Å². The van der Waals surface area contributed by atoms with E-state index < -0.39 is 15.8 Å². The fraction of sp³-hybridized carbons (Fsp3) is 0.222. The van der Waals surface area contributed by atoms with Crippen LogP contribution in [0.2, 0.25) is 0 Å². The predicted molar refractivity (Wildman–Crippen MR) is 58.4 cm³/mol. The largest absolute Gasteiger partial charge is 0.481 e. The van der Waals surface area contributed by atoms with Gasteiger partial charge in [0.1, 0.15) is 0 Å². The van der Waals surface area contributed by atoms with E-state index in [4.69, 9.17) is 5.11 Å². The highest BCUT2D eigenvalue weighted by molar-refractivity contribution is 9.10. The molecule has 1 aromatic carbocycles. The molecule has 1 rings (SSSR count). The van der Waals surface area contributed by atoms with Crippen LogP contribution in [-0.2, 0) is 14.6 Å². The van der Waals surface area contributed by atoms with Gasteiger partial charge in [0.15, 0.2) is 9.84 Å². The molecular formula is C9H9BrO4S. The normalized spacial score (nSPS) is 11.3. The molecule has 0 aliphatic heterocycles. The number of hydrogen-bond acceptors (Lipinski definition) is 3. The van der Waals surface area contributed by atoms with Crippen LogP contribution >= 0.6 is 15.9 Å². The van der Waals surface area contributed by atoms with E-state index in [9.17, 15) is 13.2 Å². The van der Waals surface area contributed by atoms with Crippen LogP contribution < -0.4 is 0 Å². The second kappa shape index (κ2) is 4.76. The fourth-order valence-corrected chi connectivity index (χ4v) is 2.82. The minimum atomic E-state index is -3.49. The Morgan fingerprint density at radius 2 is 2.07 bits per heavy atom. The molecule has 0 aromatic heterocycles. The number of carbonyl (C=O) groups is 1. The summed E-state index contributed by atoms with van der Waals surface area (Å²) in [6.45, 7) is 0. The Morgan fingerprint density at radius 1 is 1.40 bits per heavy atom. The fourth-order valence-electron chi connectivity index (χ4n) is 1.000. The van der Waals surface area contributed by atoms with Gasteiger partial charge < -0.3 is 5.11 Å². The molecule has 0 fully saturated rings. The molecule has 0 atom stereocenters. The van der Waals surface area contributed by atoms with Crippen LogP contribution in [0.3, 0.4) is 0 Å². The standard InChI is InChI=1S/C9H9BrO4S/c10-7-2-1-3-8(6-7)15(13,14)5-4-9(11)12/h1-3,6H,4-5H2,(H,11,12). The van der Waals surface area contributed by atoms with E-state index in [-0.39, 0.29) is 17.1 Å². The maximum Gasteiger partial charge on any atom is 0.304 e. The SMILES string of the molecule is O=C(O)CCS(=O)(=O)c1cccc(Br)c1. The highest BCUT2D eigenvalue weighted by Gasteiger charge is 2.15. The Labute approximate surface area is 96.0 Å². The molecule has 0 amide bonds. The van der Waals surface area contributed by atoms with Crippen LogP contribution in [0.5, 0.6) is 0 Å². The van der Waals surface area contributed by atoms with E-state index in [2.05, 4.69) is 15.9 Å². The van der Waals surface area contributed by atoms with Crippen LogP contribution in [-0.4, -0.2) is 25.2 Å². The maximum absolute atomic E-state index is 11.6. The molecule has 0 saturated heterocycles. The minimum absolute atomic E-state index is 0.137. The number of benzene rings is 1. The van der Waals surface area contributed by atoms with Crippen molar-refractivity contribution in [2.45, 2.75) is 11.3 Å². The zero-order valence-corrected chi connectivity index (χ0v) is 10.1. The molecule has 82 valence electrons. The number of hydrogen-bond donors (Lipinski definition) is 1. The van der Waals surface area contributed by atoms with E-state index in [1.165, 1.54) is 12.1 Å². The zero-order valence-electron chi connectivity index (χ0n) is 7.68. The van der Waals surface area contributed by atoms with Crippen molar-refractivity contribution in [1.82, 2.24) is 0 Å². The average Bonchev–Trinajstić information content (AvgIpc) is 2.15. The number of carboxylic acid groups (broad SMARTS) is 1. The first-order chi connectivity index (χ1) is 6.92. The molecule has 0 spiro atoms. The predicted octanol–water partition coefficient (Wildman–Crippen LogP) is 1.70. The molecule has 0 heterocycles. The second-order valence-electron chi connectivity index (χ2n) is 2.92. The van der Waals surface area contributed by atoms with Gasteiger partial charge in [-0.05, 0) is 18.2 Å². The molecule has 1 aromatic rings. The lowest BCUT2D eigenvalue weighted by atomic mass is 10.4. The van der Waals surface area contributed by atoms with E-state index in [1.54, 1.807) is 12.1 Å². The molecule has 1 N–H and O–H groups in total. The Kier molecular flexibility index (Phi) is 3.87. The van der Waals surface area contributed by atoms with Crippen molar-refractivity contribution in [3.63, 3.8) is 0 Å². The Hall–Kier alpha value is -0.880. The molecule has 6 heteroatoms. The number of halogens is 1. The topological polar surface area (TPSA) is 71.4 Å². The van der Waals surface area contributed by atoms with E-state index in [0.717, 1.165) is 0 Å². The van der Waals surface area contributed by atoms with Gasteiger partial charge in [-0.25, -0.2) is 8.42 Å². The lowest BCUT2D eigenvalue weighted by molar-refractivity contribution is -0.136. The molecular weight excluding hydrogens is 284 g/mol. The first kappa shape index (κ1) is 12.2. The van der Waals surface area contributed by atoms with Gasteiger partial charge in [-0.3, -0.25) is 4.79 Å². The molecule has 0 bridgehead atoms. The van der Waals surface area contributed by atoms with Gasteiger partial charge in [-0.2, -0.15) is 0 Å². The van der Waals surface area contributed by atoms with Gasteiger partial charge in [0, 0.05) is 4.47 Å². The number of aliphatic carboxylic acids is 1. The number of sulfone groups is 1. The van der Waals surface area contributed by atoms with E-state index in [1.807, 2.05) is 0 Å². The summed E-state index contributed by atoms with van der Waals surface area (Å²) in [5, 5.41) is 8.40. The van der Waals surface area contributed by atoms with Crippen LogP contribution in [0.15, 0.2) is 33.6 Å². The van der Waals surface area contributed by atoms with Crippen molar-refractivity contribution in [2.24, 2.45) is 0 Å². The first-order valence-corrected chi connectivity index (χ1v) is 6.56. The van der Waals surface area contributed by atoms with Crippen molar-refractivity contribution in [3.05, 3.63) is 28.7 Å². The lowest BCUT2D eigenvalue weighted by Crippen LogP contribution is -2.10. The molecule has 15 heavy (non-hydrogen) atoms. The van der Waals surface area contributed by atoms with E-state index in [0.29, 0.717) is 4.47 Å². The zero-order chi connectivity index (χ0) is 11.5. The third-order valence-corrected chi connectivity index (χ3v) is 3.95. The first-order valence-electron chi connectivity index (χ1n) is 4.12. The summed E-state index contributed by atoms with van der Waals surface area (Å²) < 4.78 is 23.9. The highest BCUT2D eigenvalue weighted by Crippen LogP contribution is 2.17. The van der Waals surface area contributed by atoms with E-state index >= 15 is 0 Å². The maximum atomic E-state index is 11.6. The Morgan fingerprint density at radius 3 is 2.60 bits per heavy atom. The monoisotopic (exact) mass is 292 g/mol. The van der Waals surface area contributed by atoms with Crippen molar-refractivity contribution in [2.75, 3.05) is 5.75 Å². The molecule has 0 radical (unpaired) electrons. The summed E-state index contributed by atoms with van der Waals surface area (Å²) in [7, 11) is -3.49. The number of carboxylic acids is 1. The second-order valence-corrected chi connectivity index (χ2v) is 5.94. The molecule has 0 aliphatic rings. The van der Waals surface area contributed by atoms with Gasteiger partial charge >= 0.3 is 5.97 Å². The van der Waals surface area contributed by atoms with Crippen molar-refractivity contribution in [1.29, 1.82) is 0 Å². The summed E-state index contributed by atoms with van der Waals surface area (Å²) in [6, 6.07) is 6.20. The van der Waals surface area contributed by atoms with Crippen LogP contribution in [0.4, 0.5) is 0 Å². The smallest absolute Gasteiger partial charge is 0.304 e. The van der Waals surface area contributed by atoms with Crippen molar-refractivity contribution < 1.29 is 18.3 Å². The average molecular weight is 293 g/mol. The van der Waals surface area contributed by atoms with Gasteiger partial charge in [0.2, 0.25) is 0 Å². The molecule has 0 saturated carbocycles. The van der Waals surface area contributed by atoms with Gasteiger partial charge in [0.05, 0.1) is 17.1 Å². The quantitative estimate of drug-likeness (QED) is 0.917. The van der Waals surface area contributed by atoms with Gasteiger partial charge in [-0.15, -0.1) is 0 Å². The Balaban J connectivity index is 2.91. The van der Waals surface area contributed by atoms with Crippen LogP contribution in [0, 0.1) is 0 Å². The summed E-state index contributed by atoms with van der Waals surface area (Å²) in [4.78, 5) is 10.4. The summed E-state index contributed by atoms with van der Waals surface area (Å²) >= 11 is 3.15. The molecule has 4 nitrogen and oxygen atoms in total. The van der Waals surface area contributed by atoms with Crippen LogP contribution in [0.1, 0.15) is 6.42 Å². The minimum Gasteiger partial charge on any atom is -0.481 e. The third-order valence-electron chi connectivity index (χ3n) is 1.74. The van der Waals surface area contributed by atoms with Gasteiger partial charge in [-0.1, -0.05) is 22.0 Å². The summed E-state index contributed by atoms with van der Waals surface area (Å²) in [5.74, 6) is -1.49. The summed E-state index contributed by atoms with van der Waals surface area (Å²) in [5.41, 5.74) is 0. The van der Waals surface area contributed by atoms with Crippen molar-refractivity contribution in [3.8, 4) is 0 Å². The highest BCUT2D eigenvalue weighted by atomic mass is 79.9. The summed E-state index contributed by atoms with van der Waals surface area (Å²) in [6.07, 6.45) is -0.380. The lowest BCUT2D eigenvalue weighted by Gasteiger charge is -2.02. The third kappa shape index (κ3) is 3.64. The Bertz CT molecular complexity index is 467. The van der Waals surface area contributed by atoms with Gasteiger partial charge in [0.25, 0.3) is 0 Å². The molecule has 0 unspecified atom stereocenters. The number of rotatable bonds is 4. The molecule has 0 aliphatic carbocycles.